The Kier molecular flexibility index (Phi) is 5.96. The normalized spacial score (nSPS) is 19.8. The summed E-state index contributed by atoms with van der Waals surface area (Å²) >= 11 is 5.92. The maximum Gasteiger partial charge on any atom is 0.183 e. The van der Waals surface area contributed by atoms with Crippen molar-refractivity contribution in [3.05, 3.63) is 82.1 Å². The van der Waals surface area contributed by atoms with Crippen molar-refractivity contribution in [2.24, 2.45) is 5.92 Å². The molecule has 0 aromatic heterocycles. The maximum absolute atomic E-state index is 15.0. The Morgan fingerprint density at radius 2 is 1.71 bits per heavy atom. The molecule has 1 heterocycles. The van der Waals surface area contributed by atoms with Gasteiger partial charge in [0.25, 0.3) is 0 Å². The van der Waals surface area contributed by atoms with Crippen molar-refractivity contribution in [2.75, 3.05) is 13.2 Å². The molecule has 0 amide bonds. The lowest BCUT2D eigenvalue weighted by Gasteiger charge is -2.29. The van der Waals surface area contributed by atoms with Crippen molar-refractivity contribution in [2.45, 2.75) is 32.5 Å². The SMILES string of the molecule is CCC1COC(c2ccc3c(F)c(CCc4ccc(Cl)cc4)ccc3c2)OC1. The lowest BCUT2D eigenvalue weighted by molar-refractivity contribution is -0.205. The molecule has 0 spiro atoms. The van der Waals surface area contributed by atoms with Gasteiger partial charge in [-0.05, 0) is 54.0 Å². The highest BCUT2D eigenvalue weighted by Gasteiger charge is 2.23. The van der Waals surface area contributed by atoms with Crippen LogP contribution in [-0.4, -0.2) is 13.2 Å². The van der Waals surface area contributed by atoms with Crippen LogP contribution < -0.4 is 0 Å². The lowest BCUT2D eigenvalue weighted by Crippen LogP contribution is -2.26. The highest BCUT2D eigenvalue weighted by molar-refractivity contribution is 6.30. The first-order valence-electron chi connectivity index (χ1n) is 9.82. The molecule has 0 unspecified atom stereocenters. The summed E-state index contributed by atoms with van der Waals surface area (Å²) in [6.07, 6.45) is 2.12. The number of benzene rings is 3. The molecule has 3 aromatic rings. The minimum atomic E-state index is -0.361. The lowest BCUT2D eigenvalue weighted by atomic mass is 9.99. The van der Waals surface area contributed by atoms with E-state index in [0.717, 1.165) is 34.9 Å². The molecule has 0 saturated carbocycles. The van der Waals surface area contributed by atoms with Crippen LogP contribution in [0.5, 0.6) is 0 Å². The van der Waals surface area contributed by atoms with E-state index in [-0.39, 0.29) is 12.1 Å². The molecule has 4 rings (SSSR count). The molecular formula is C24H24ClFO2. The maximum atomic E-state index is 15.0. The minimum Gasteiger partial charge on any atom is -0.348 e. The number of ether oxygens (including phenoxy) is 2. The first kappa shape index (κ1) is 19.4. The van der Waals surface area contributed by atoms with Crippen LogP contribution in [0, 0.1) is 11.7 Å². The van der Waals surface area contributed by atoms with E-state index in [2.05, 4.69) is 6.92 Å². The second-order valence-electron chi connectivity index (χ2n) is 7.42. The van der Waals surface area contributed by atoms with Gasteiger partial charge in [-0.25, -0.2) is 4.39 Å². The molecular weight excluding hydrogens is 375 g/mol. The molecule has 1 aliphatic heterocycles. The van der Waals surface area contributed by atoms with Gasteiger partial charge in [0, 0.05) is 21.9 Å². The Labute approximate surface area is 170 Å². The molecule has 0 bridgehead atoms. The summed E-state index contributed by atoms with van der Waals surface area (Å²) in [6, 6.07) is 17.3. The van der Waals surface area contributed by atoms with Gasteiger partial charge in [0.15, 0.2) is 6.29 Å². The van der Waals surface area contributed by atoms with Gasteiger partial charge < -0.3 is 9.47 Å². The largest absolute Gasteiger partial charge is 0.348 e. The molecule has 1 aliphatic rings. The topological polar surface area (TPSA) is 18.5 Å². The van der Waals surface area contributed by atoms with E-state index < -0.39 is 0 Å². The van der Waals surface area contributed by atoms with Gasteiger partial charge in [-0.1, -0.05) is 54.9 Å². The van der Waals surface area contributed by atoms with E-state index in [0.29, 0.717) is 36.0 Å². The summed E-state index contributed by atoms with van der Waals surface area (Å²) in [4.78, 5) is 0. The Balaban J connectivity index is 1.50. The Hall–Kier alpha value is -1.94. The molecule has 3 aromatic carbocycles. The van der Waals surface area contributed by atoms with Crippen LogP contribution in [0.15, 0.2) is 54.6 Å². The third kappa shape index (κ3) is 4.22. The van der Waals surface area contributed by atoms with Crippen molar-refractivity contribution >= 4 is 22.4 Å². The molecule has 4 heteroatoms. The zero-order valence-electron chi connectivity index (χ0n) is 16.0. The molecule has 0 aliphatic carbocycles. The standard InChI is InChI=1S/C24H24ClFO2/c1-2-16-14-27-24(28-15-16)20-9-12-22-19(13-20)8-7-18(23(22)26)6-3-17-4-10-21(25)11-5-17/h4-5,7-13,16,24H,2-3,6,14-15H2,1H3. The van der Waals surface area contributed by atoms with Gasteiger partial charge in [-0.15, -0.1) is 0 Å². The molecule has 2 nitrogen and oxygen atoms in total. The van der Waals surface area contributed by atoms with E-state index in [9.17, 15) is 0 Å². The van der Waals surface area contributed by atoms with Gasteiger partial charge in [0.1, 0.15) is 5.82 Å². The van der Waals surface area contributed by atoms with E-state index in [1.807, 2.05) is 54.6 Å². The molecule has 146 valence electrons. The molecule has 0 radical (unpaired) electrons. The van der Waals surface area contributed by atoms with Gasteiger partial charge in [0.2, 0.25) is 0 Å². The Morgan fingerprint density at radius 1 is 0.964 bits per heavy atom. The van der Waals surface area contributed by atoms with Gasteiger partial charge >= 0.3 is 0 Å². The van der Waals surface area contributed by atoms with Crippen molar-refractivity contribution < 1.29 is 13.9 Å². The van der Waals surface area contributed by atoms with Crippen LogP contribution in [0.1, 0.15) is 36.3 Å². The van der Waals surface area contributed by atoms with Crippen LogP contribution in [-0.2, 0) is 22.3 Å². The monoisotopic (exact) mass is 398 g/mol. The third-order valence-electron chi connectivity index (χ3n) is 5.47. The van der Waals surface area contributed by atoms with Crippen molar-refractivity contribution in [3.8, 4) is 0 Å². The average molecular weight is 399 g/mol. The highest BCUT2D eigenvalue weighted by atomic mass is 35.5. The second-order valence-corrected chi connectivity index (χ2v) is 7.86. The Bertz CT molecular complexity index is 947. The number of aryl methyl sites for hydroxylation is 2. The van der Waals surface area contributed by atoms with E-state index >= 15 is 4.39 Å². The van der Waals surface area contributed by atoms with Crippen LogP contribution in [0.2, 0.25) is 5.02 Å². The summed E-state index contributed by atoms with van der Waals surface area (Å²) in [5.41, 5.74) is 2.82. The first-order valence-corrected chi connectivity index (χ1v) is 10.2. The summed E-state index contributed by atoms with van der Waals surface area (Å²) in [6.45, 7) is 3.55. The third-order valence-corrected chi connectivity index (χ3v) is 5.72. The van der Waals surface area contributed by atoms with Crippen LogP contribution >= 0.6 is 11.6 Å². The number of fused-ring (bicyclic) bond motifs is 1. The van der Waals surface area contributed by atoms with Gasteiger partial charge in [0.05, 0.1) is 13.2 Å². The van der Waals surface area contributed by atoms with Crippen molar-refractivity contribution in [1.29, 1.82) is 0 Å². The molecule has 1 saturated heterocycles. The minimum absolute atomic E-state index is 0.144. The predicted molar refractivity (Wildman–Crippen MR) is 111 cm³/mol. The summed E-state index contributed by atoms with van der Waals surface area (Å²) in [7, 11) is 0. The summed E-state index contributed by atoms with van der Waals surface area (Å²) in [5.74, 6) is 0.312. The fraction of sp³-hybridized carbons (Fsp3) is 0.333. The number of hydrogen-bond acceptors (Lipinski definition) is 2. The van der Waals surface area contributed by atoms with Crippen LogP contribution in [0.4, 0.5) is 4.39 Å². The predicted octanol–water partition coefficient (Wildman–Crippen LogP) is 6.49. The zero-order valence-corrected chi connectivity index (χ0v) is 16.7. The number of halogens is 2. The van der Waals surface area contributed by atoms with E-state index in [1.54, 1.807) is 0 Å². The van der Waals surface area contributed by atoms with E-state index in [1.165, 1.54) is 0 Å². The average Bonchev–Trinajstić information content (AvgIpc) is 2.74. The zero-order chi connectivity index (χ0) is 19.5. The molecule has 0 N–H and O–H groups in total. The quantitative estimate of drug-likeness (QED) is 0.489. The summed E-state index contributed by atoms with van der Waals surface area (Å²) in [5, 5.41) is 2.22. The van der Waals surface area contributed by atoms with Gasteiger partial charge in [-0.2, -0.15) is 0 Å². The Morgan fingerprint density at radius 3 is 2.43 bits per heavy atom. The fourth-order valence-corrected chi connectivity index (χ4v) is 3.72. The molecule has 0 atom stereocenters. The van der Waals surface area contributed by atoms with Gasteiger partial charge in [-0.3, -0.25) is 0 Å². The molecule has 28 heavy (non-hydrogen) atoms. The van der Waals surface area contributed by atoms with Crippen LogP contribution in [0.25, 0.3) is 10.8 Å². The number of rotatable bonds is 5. The second kappa shape index (κ2) is 8.60. The summed E-state index contributed by atoms with van der Waals surface area (Å²) < 4.78 is 26.7. The first-order chi connectivity index (χ1) is 13.6. The van der Waals surface area contributed by atoms with Crippen LogP contribution in [0.3, 0.4) is 0 Å². The number of hydrogen-bond donors (Lipinski definition) is 0. The van der Waals surface area contributed by atoms with Crippen molar-refractivity contribution in [1.82, 2.24) is 0 Å². The van der Waals surface area contributed by atoms with Crippen molar-refractivity contribution in [3.63, 3.8) is 0 Å². The fourth-order valence-electron chi connectivity index (χ4n) is 3.60. The smallest absolute Gasteiger partial charge is 0.183 e. The van der Waals surface area contributed by atoms with E-state index in [4.69, 9.17) is 21.1 Å². The highest BCUT2D eigenvalue weighted by Crippen LogP contribution is 2.30. The molecule has 1 fully saturated rings.